The second kappa shape index (κ2) is 9.52. The van der Waals surface area contributed by atoms with Gasteiger partial charge in [0.2, 0.25) is 11.6 Å². The molecule has 0 aliphatic heterocycles. The minimum Gasteiger partial charge on any atom is -0.507 e. The maximum Gasteiger partial charge on any atom is 0.306 e. The van der Waals surface area contributed by atoms with Crippen LogP contribution in [0.2, 0.25) is 0 Å². The van der Waals surface area contributed by atoms with Gasteiger partial charge in [0.05, 0.1) is 25.6 Å². The van der Waals surface area contributed by atoms with Gasteiger partial charge in [0, 0.05) is 29.4 Å². The summed E-state index contributed by atoms with van der Waals surface area (Å²) in [6.45, 7) is 0.985. The minimum atomic E-state index is -0.861. The van der Waals surface area contributed by atoms with Crippen LogP contribution in [-0.2, 0) is 20.9 Å². The standard InChI is InChI=1S/C25H22N2O6/c1-32-21(28)15-20(22-23(29)18-5-2-3-6-19(18)24(30)25(22)31)16-7-9-17(10-8-16)33-14-13-27-12-4-11-26-27/h2-12,20,29H,13-15H2,1H3. The van der Waals surface area contributed by atoms with Crippen molar-refractivity contribution in [3.8, 4) is 5.75 Å². The van der Waals surface area contributed by atoms with Crippen LogP contribution in [-0.4, -0.2) is 46.1 Å². The first-order chi connectivity index (χ1) is 16.0. The molecule has 0 saturated carbocycles. The van der Waals surface area contributed by atoms with Crippen molar-refractivity contribution in [2.45, 2.75) is 18.9 Å². The van der Waals surface area contributed by atoms with Gasteiger partial charge in [-0.05, 0) is 23.8 Å². The third-order valence-corrected chi connectivity index (χ3v) is 5.51. The second-order valence-corrected chi connectivity index (χ2v) is 7.49. The van der Waals surface area contributed by atoms with E-state index in [0.717, 1.165) is 0 Å². The first-order valence-corrected chi connectivity index (χ1v) is 10.4. The SMILES string of the molecule is COC(=O)CC(C1=C(O)c2ccccc2C(=O)C1=O)c1ccc(OCCn2cccn2)cc1. The fraction of sp³-hybridized carbons (Fsp3) is 0.200. The Morgan fingerprint density at radius 1 is 1.03 bits per heavy atom. The predicted molar refractivity (Wildman–Crippen MR) is 119 cm³/mol. The molecular formula is C25H22N2O6. The number of ketones is 2. The lowest BCUT2D eigenvalue weighted by molar-refractivity contribution is -0.140. The number of allylic oxidation sites excluding steroid dienone is 1. The topological polar surface area (TPSA) is 108 Å². The number of ether oxygens (including phenoxy) is 2. The largest absolute Gasteiger partial charge is 0.507 e. The number of aliphatic hydroxyl groups is 1. The molecule has 33 heavy (non-hydrogen) atoms. The molecule has 1 aliphatic rings. The summed E-state index contributed by atoms with van der Waals surface area (Å²) < 4.78 is 12.3. The van der Waals surface area contributed by atoms with Crippen LogP contribution in [0.3, 0.4) is 0 Å². The van der Waals surface area contributed by atoms with Gasteiger partial charge >= 0.3 is 5.97 Å². The van der Waals surface area contributed by atoms with Crippen LogP contribution in [0.4, 0.5) is 0 Å². The molecule has 1 unspecified atom stereocenters. The van der Waals surface area contributed by atoms with Crippen molar-refractivity contribution in [1.29, 1.82) is 0 Å². The van der Waals surface area contributed by atoms with Gasteiger partial charge < -0.3 is 14.6 Å². The van der Waals surface area contributed by atoms with Crippen LogP contribution in [0, 0.1) is 0 Å². The highest BCUT2D eigenvalue weighted by atomic mass is 16.5. The summed E-state index contributed by atoms with van der Waals surface area (Å²) in [4.78, 5) is 37.8. The number of aromatic nitrogens is 2. The molecule has 0 bridgehead atoms. The average molecular weight is 446 g/mol. The van der Waals surface area contributed by atoms with Crippen molar-refractivity contribution in [3.63, 3.8) is 0 Å². The number of nitrogens with zero attached hydrogens (tertiary/aromatic N) is 2. The zero-order valence-corrected chi connectivity index (χ0v) is 17.9. The van der Waals surface area contributed by atoms with Crippen LogP contribution in [0.25, 0.3) is 5.76 Å². The molecule has 8 heteroatoms. The molecule has 0 radical (unpaired) electrons. The first kappa shape index (κ1) is 22.0. The number of hydrogen-bond acceptors (Lipinski definition) is 7. The summed E-state index contributed by atoms with van der Waals surface area (Å²) in [5.41, 5.74) is 0.866. The van der Waals surface area contributed by atoms with Crippen molar-refractivity contribution < 1.29 is 29.0 Å². The number of rotatable bonds is 8. The third-order valence-electron chi connectivity index (χ3n) is 5.51. The highest BCUT2D eigenvalue weighted by molar-refractivity contribution is 6.52. The zero-order chi connectivity index (χ0) is 23.4. The van der Waals surface area contributed by atoms with Crippen LogP contribution < -0.4 is 4.74 Å². The van der Waals surface area contributed by atoms with Gasteiger partial charge in [-0.15, -0.1) is 0 Å². The lowest BCUT2D eigenvalue weighted by atomic mass is 9.78. The molecule has 3 aromatic rings. The third kappa shape index (κ3) is 4.55. The van der Waals surface area contributed by atoms with Crippen molar-refractivity contribution in [3.05, 3.63) is 89.3 Å². The summed E-state index contributed by atoms with van der Waals surface area (Å²) in [5, 5.41) is 15.0. The maximum absolute atomic E-state index is 13.0. The Morgan fingerprint density at radius 2 is 1.76 bits per heavy atom. The fourth-order valence-electron chi connectivity index (χ4n) is 3.83. The molecule has 1 atom stereocenters. The van der Waals surface area contributed by atoms with Gasteiger partial charge in [-0.25, -0.2) is 0 Å². The van der Waals surface area contributed by atoms with Gasteiger partial charge in [0.15, 0.2) is 0 Å². The van der Waals surface area contributed by atoms with E-state index in [4.69, 9.17) is 9.47 Å². The Balaban J connectivity index is 1.63. The van der Waals surface area contributed by atoms with Gasteiger partial charge in [0.25, 0.3) is 0 Å². The number of benzene rings is 2. The quantitative estimate of drug-likeness (QED) is 0.418. The zero-order valence-electron chi connectivity index (χ0n) is 17.9. The Hall–Kier alpha value is -4.20. The van der Waals surface area contributed by atoms with E-state index in [-0.39, 0.29) is 28.9 Å². The molecule has 1 aromatic heterocycles. The van der Waals surface area contributed by atoms with E-state index in [0.29, 0.717) is 24.5 Å². The van der Waals surface area contributed by atoms with Gasteiger partial charge in [-0.1, -0.05) is 36.4 Å². The van der Waals surface area contributed by atoms with Gasteiger partial charge in [-0.2, -0.15) is 5.10 Å². The van der Waals surface area contributed by atoms with Crippen LogP contribution in [0.15, 0.2) is 72.6 Å². The lowest BCUT2D eigenvalue weighted by Crippen LogP contribution is -2.28. The number of carbonyl (C=O) groups is 3. The van der Waals surface area contributed by atoms with E-state index in [1.54, 1.807) is 53.3 Å². The Bertz CT molecular complexity index is 1210. The Morgan fingerprint density at radius 3 is 2.42 bits per heavy atom. The number of fused-ring (bicyclic) bond motifs is 1. The number of carbonyl (C=O) groups excluding carboxylic acids is 3. The smallest absolute Gasteiger partial charge is 0.306 e. The van der Waals surface area contributed by atoms with E-state index >= 15 is 0 Å². The molecule has 1 heterocycles. The lowest BCUT2D eigenvalue weighted by Gasteiger charge is -2.24. The molecule has 2 aromatic carbocycles. The normalized spacial score (nSPS) is 14.1. The van der Waals surface area contributed by atoms with E-state index in [1.165, 1.54) is 13.2 Å². The van der Waals surface area contributed by atoms with Crippen molar-refractivity contribution >= 4 is 23.3 Å². The number of esters is 1. The molecule has 1 aliphatic carbocycles. The van der Waals surface area contributed by atoms with Crippen LogP contribution in [0.1, 0.15) is 33.8 Å². The van der Waals surface area contributed by atoms with Crippen molar-refractivity contribution in [1.82, 2.24) is 9.78 Å². The maximum atomic E-state index is 13.0. The van der Waals surface area contributed by atoms with Gasteiger partial charge in [0.1, 0.15) is 18.1 Å². The number of hydrogen-bond donors (Lipinski definition) is 1. The van der Waals surface area contributed by atoms with Crippen molar-refractivity contribution in [2.75, 3.05) is 13.7 Å². The molecule has 4 rings (SSSR count). The fourth-order valence-corrected chi connectivity index (χ4v) is 3.83. The summed E-state index contributed by atoms with van der Waals surface area (Å²) in [6.07, 6.45) is 3.32. The molecule has 0 fully saturated rings. The summed E-state index contributed by atoms with van der Waals surface area (Å²) >= 11 is 0. The predicted octanol–water partition coefficient (Wildman–Crippen LogP) is 3.34. The van der Waals surface area contributed by atoms with Crippen molar-refractivity contribution in [2.24, 2.45) is 0 Å². The highest BCUT2D eigenvalue weighted by Crippen LogP contribution is 2.38. The number of aliphatic hydroxyl groups excluding tert-OH is 1. The van der Waals surface area contributed by atoms with E-state index in [1.807, 2.05) is 12.3 Å². The number of Topliss-reactive ketones (excluding diaryl/α,β-unsaturated/α-hetero) is 2. The summed E-state index contributed by atoms with van der Waals surface area (Å²) in [6, 6.07) is 15.0. The molecule has 8 nitrogen and oxygen atoms in total. The van der Waals surface area contributed by atoms with Crippen LogP contribution >= 0.6 is 0 Å². The molecule has 1 N–H and O–H groups in total. The minimum absolute atomic E-state index is 0.114. The van der Waals surface area contributed by atoms with E-state index < -0.39 is 23.5 Å². The first-order valence-electron chi connectivity index (χ1n) is 10.4. The summed E-state index contributed by atoms with van der Waals surface area (Å²) in [7, 11) is 1.24. The van der Waals surface area contributed by atoms with Gasteiger partial charge in [-0.3, -0.25) is 19.1 Å². The van der Waals surface area contributed by atoms with Crippen LogP contribution in [0.5, 0.6) is 5.75 Å². The molecule has 0 spiro atoms. The Labute approximate surface area is 190 Å². The summed E-state index contributed by atoms with van der Waals surface area (Å²) in [5.74, 6) is -2.69. The Kier molecular flexibility index (Phi) is 6.35. The molecule has 168 valence electrons. The van der Waals surface area contributed by atoms with E-state index in [2.05, 4.69) is 5.10 Å². The number of methoxy groups -OCH3 is 1. The molecule has 0 saturated heterocycles. The highest BCUT2D eigenvalue weighted by Gasteiger charge is 2.38. The second-order valence-electron chi connectivity index (χ2n) is 7.49. The molecule has 0 amide bonds. The average Bonchev–Trinajstić information content (AvgIpc) is 3.36. The van der Waals surface area contributed by atoms with E-state index in [9.17, 15) is 19.5 Å². The monoisotopic (exact) mass is 446 g/mol. The molecular weight excluding hydrogens is 424 g/mol.